The second-order valence-electron chi connectivity index (χ2n) is 6.15. The maximum Gasteiger partial charge on any atom is 0.229 e. The molecule has 1 N–H and O–H groups in total. The molecule has 2 heterocycles. The van der Waals surface area contributed by atoms with E-state index in [4.69, 9.17) is 4.74 Å². The molecule has 1 atom stereocenters. The molecule has 1 aromatic carbocycles. The van der Waals surface area contributed by atoms with Crippen molar-refractivity contribution in [3.63, 3.8) is 0 Å². The number of benzene rings is 1. The van der Waals surface area contributed by atoms with Crippen LogP contribution in [0, 0.1) is 6.92 Å². The second-order valence-corrected chi connectivity index (χ2v) is 8.13. The first kappa shape index (κ1) is 18.1. The van der Waals surface area contributed by atoms with E-state index in [0.29, 0.717) is 18.1 Å². The fraction of sp³-hybridized carbons (Fsp3) is 0.353. The molecule has 0 saturated carbocycles. The Morgan fingerprint density at radius 2 is 1.96 bits per heavy atom. The van der Waals surface area contributed by atoms with Gasteiger partial charge in [0.1, 0.15) is 22.3 Å². The van der Waals surface area contributed by atoms with E-state index in [-0.39, 0.29) is 29.1 Å². The molecule has 0 unspecified atom stereocenters. The minimum absolute atomic E-state index is 0.0263. The molecule has 0 bridgehead atoms. The summed E-state index contributed by atoms with van der Waals surface area (Å²) in [5, 5.41) is 3.09. The zero-order valence-electron chi connectivity index (χ0n) is 14.8. The molecule has 1 aliphatic heterocycles. The van der Waals surface area contributed by atoms with Gasteiger partial charge in [0.15, 0.2) is 9.84 Å². The molecular formula is C17H20N4O4S. The van der Waals surface area contributed by atoms with E-state index in [1.54, 1.807) is 31.1 Å². The second kappa shape index (κ2) is 6.91. The fourth-order valence-electron chi connectivity index (χ4n) is 2.84. The van der Waals surface area contributed by atoms with Gasteiger partial charge in [-0.25, -0.2) is 18.4 Å². The molecule has 1 fully saturated rings. The third kappa shape index (κ3) is 3.77. The van der Waals surface area contributed by atoms with Crippen molar-refractivity contribution in [1.82, 2.24) is 9.97 Å². The summed E-state index contributed by atoms with van der Waals surface area (Å²) in [6, 6.07) is 6.96. The highest BCUT2D eigenvalue weighted by molar-refractivity contribution is 7.90. The van der Waals surface area contributed by atoms with Crippen LogP contribution in [0.3, 0.4) is 0 Å². The molecule has 8 nitrogen and oxygen atoms in total. The van der Waals surface area contributed by atoms with E-state index >= 15 is 0 Å². The van der Waals surface area contributed by atoms with Crippen molar-refractivity contribution in [3.8, 4) is 5.75 Å². The Labute approximate surface area is 152 Å². The van der Waals surface area contributed by atoms with Gasteiger partial charge in [0.2, 0.25) is 5.91 Å². The standard InChI is InChI=1S/C17H20N4O4S/c1-11-18-9-15(26(3,23)24)17(19-11)20-12-8-16(22)21(10-12)13-4-6-14(25-2)7-5-13/h4-7,9,12H,8,10H2,1-3H3,(H,18,19,20)/t12-/m1/s1. The van der Waals surface area contributed by atoms with Crippen molar-refractivity contribution in [2.75, 3.05) is 30.1 Å². The largest absolute Gasteiger partial charge is 0.497 e. The lowest BCUT2D eigenvalue weighted by molar-refractivity contribution is -0.117. The summed E-state index contributed by atoms with van der Waals surface area (Å²) >= 11 is 0. The number of aryl methyl sites for hydroxylation is 1. The topological polar surface area (TPSA) is 101 Å². The average Bonchev–Trinajstić information content (AvgIpc) is 2.94. The number of methoxy groups -OCH3 is 1. The number of amides is 1. The molecular weight excluding hydrogens is 356 g/mol. The summed E-state index contributed by atoms with van der Waals surface area (Å²) in [4.78, 5) is 22.2. The van der Waals surface area contributed by atoms with Crippen LogP contribution in [0.15, 0.2) is 35.4 Å². The Bertz CT molecular complexity index is 928. The first-order valence-electron chi connectivity index (χ1n) is 8.02. The van der Waals surface area contributed by atoms with E-state index in [2.05, 4.69) is 15.3 Å². The normalized spacial score (nSPS) is 17.4. The molecule has 0 spiro atoms. The van der Waals surface area contributed by atoms with Crippen LogP contribution >= 0.6 is 0 Å². The van der Waals surface area contributed by atoms with Gasteiger partial charge < -0.3 is 15.0 Å². The average molecular weight is 376 g/mol. The van der Waals surface area contributed by atoms with Gasteiger partial charge in [-0.15, -0.1) is 0 Å². The van der Waals surface area contributed by atoms with Crippen LogP contribution < -0.4 is 15.0 Å². The number of hydrogen-bond acceptors (Lipinski definition) is 7. The molecule has 3 rings (SSSR count). The molecule has 1 aliphatic rings. The lowest BCUT2D eigenvalue weighted by atomic mass is 10.2. The van der Waals surface area contributed by atoms with E-state index in [9.17, 15) is 13.2 Å². The Balaban J connectivity index is 1.80. The molecule has 1 amide bonds. The number of nitrogens with one attached hydrogen (secondary N) is 1. The van der Waals surface area contributed by atoms with Gasteiger partial charge in [-0.1, -0.05) is 0 Å². The summed E-state index contributed by atoms with van der Waals surface area (Å²) in [5.74, 6) is 1.36. The van der Waals surface area contributed by atoms with Gasteiger partial charge in [-0.05, 0) is 31.2 Å². The molecule has 1 saturated heterocycles. The smallest absolute Gasteiger partial charge is 0.229 e. The van der Waals surface area contributed by atoms with Crippen molar-refractivity contribution in [1.29, 1.82) is 0 Å². The van der Waals surface area contributed by atoms with Gasteiger partial charge in [-0.3, -0.25) is 4.79 Å². The minimum atomic E-state index is -3.48. The summed E-state index contributed by atoms with van der Waals surface area (Å²) in [6.45, 7) is 2.10. The summed E-state index contributed by atoms with van der Waals surface area (Å²) in [6.07, 6.45) is 2.64. The molecule has 138 valence electrons. The number of ether oxygens (including phenoxy) is 1. The first-order chi connectivity index (χ1) is 12.3. The van der Waals surface area contributed by atoms with Crippen LogP contribution in [-0.2, 0) is 14.6 Å². The van der Waals surface area contributed by atoms with Crippen molar-refractivity contribution in [2.45, 2.75) is 24.3 Å². The first-order valence-corrected chi connectivity index (χ1v) is 9.91. The van der Waals surface area contributed by atoms with Crippen molar-refractivity contribution < 1.29 is 17.9 Å². The van der Waals surface area contributed by atoms with Crippen molar-refractivity contribution in [2.24, 2.45) is 0 Å². The van der Waals surface area contributed by atoms with Crippen molar-refractivity contribution >= 4 is 27.2 Å². The number of sulfone groups is 1. The minimum Gasteiger partial charge on any atom is -0.497 e. The Kier molecular flexibility index (Phi) is 4.82. The third-order valence-corrected chi connectivity index (χ3v) is 5.22. The lowest BCUT2D eigenvalue weighted by Crippen LogP contribution is -2.28. The van der Waals surface area contributed by atoms with Gasteiger partial charge in [0, 0.05) is 24.9 Å². The van der Waals surface area contributed by atoms with E-state index in [1.165, 1.54) is 6.20 Å². The van der Waals surface area contributed by atoms with Crippen LogP contribution in [0.1, 0.15) is 12.2 Å². The van der Waals surface area contributed by atoms with Crippen LogP contribution in [0.2, 0.25) is 0 Å². The highest BCUT2D eigenvalue weighted by Gasteiger charge is 2.32. The number of rotatable bonds is 5. The summed E-state index contributed by atoms with van der Waals surface area (Å²) in [7, 11) is -1.90. The van der Waals surface area contributed by atoms with E-state index in [0.717, 1.165) is 11.9 Å². The van der Waals surface area contributed by atoms with Crippen molar-refractivity contribution in [3.05, 3.63) is 36.3 Å². The summed E-state index contributed by atoms with van der Waals surface area (Å²) < 4.78 is 29.0. The summed E-state index contributed by atoms with van der Waals surface area (Å²) in [5.41, 5.74) is 0.766. The number of nitrogens with zero attached hydrogens (tertiary/aromatic N) is 3. The van der Waals surface area contributed by atoms with Crippen LogP contribution in [0.4, 0.5) is 11.5 Å². The van der Waals surface area contributed by atoms with Crippen LogP contribution in [0.5, 0.6) is 5.75 Å². The number of aromatic nitrogens is 2. The highest BCUT2D eigenvalue weighted by Crippen LogP contribution is 2.27. The molecule has 0 radical (unpaired) electrons. The Morgan fingerprint density at radius 1 is 1.27 bits per heavy atom. The monoisotopic (exact) mass is 376 g/mol. The molecule has 2 aromatic rings. The zero-order valence-corrected chi connectivity index (χ0v) is 15.6. The highest BCUT2D eigenvalue weighted by atomic mass is 32.2. The maximum atomic E-state index is 12.4. The number of carbonyl (C=O) groups is 1. The predicted octanol–water partition coefficient (Wildman–Crippen LogP) is 1.41. The third-order valence-electron chi connectivity index (χ3n) is 4.13. The van der Waals surface area contributed by atoms with E-state index < -0.39 is 9.84 Å². The Hall–Kier alpha value is -2.68. The zero-order chi connectivity index (χ0) is 18.9. The predicted molar refractivity (Wildman–Crippen MR) is 97.3 cm³/mol. The number of hydrogen-bond donors (Lipinski definition) is 1. The molecule has 1 aromatic heterocycles. The van der Waals surface area contributed by atoms with Gasteiger partial charge >= 0.3 is 0 Å². The van der Waals surface area contributed by atoms with Crippen LogP contribution in [-0.4, -0.2) is 50.2 Å². The van der Waals surface area contributed by atoms with Gasteiger partial charge in [-0.2, -0.15) is 0 Å². The number of anilines is 2. The fourth-order valence-corrected chi connectivity index (χ4v) is 3.54. The maximum absolute atomic E-state index is 12.4. The quantitative estimate of drug-likeness (QED) is 0.842. The van der Waals surface area contributed by atoms with Crippen LogP contribution in [0.25, 0.3) is 0 Å². The molecule has 0 aliphatic carbocycles. The SMILES string of the molecule is COc1ccc(N2C[C@H](Nc3nc(C)ncc3S(C)(=O)=O)CC2=O)cc1. The van der Waals surface area contributed by atoms with Gasteiger partial charge in [0.05, 0.1) is 19.3 Å². The number of carbonyl (C=O) groups excluding carboxylic acids is 1. The molecule has 26 heavy (non-hydrogen) atoms. The molecule has 9 heteroatoms. The lowest BCUT2D eigenvalue weighted by Gasteiger charge is -2.18. The van der Waals surface area contributed by atoms with E-state index in [1.807, 2.05) is 12.1 Å². The van der Waals surface area contributed by atoms with Gasteiger partial charge in [0.25, 0.3) is 0 Å². The Morgan fingerprint density at radius 3 is 2.58 bits per heavy atom.